The molecule has 102 valence electrons. The zero-order chi connectivity index (χ0) is 13.8. The van der Waals surface area contributed by atoms with Gasteiger partial charge in [0.25, 0.3) is 0 Å². The van der Waals surface area contributed by atoms with Crippen molar-refractivity contribution in [2.45, 2.75) is 38.7 Å². The van der Waals surface area contributed by atoms with Crippen LogP contribution in [0.5, 0.6) is 5.75 Å². The number of halogens is 1. The van der Waals surface area contributed by atoms with Gasteiger partial charge < -0.3 is 4.74 Å². The molecule has 1 nitrogen and oxygen atoms in total. The number of ether oxygens (including phenoxy) is 1. The first-order chi connectivity index (χ1) is 9.10. The molecule has 1 unspecified atom stereocenters. The zero-order valence-corrected chi connectivity index (χ0v) is 13.1. The van der Waals surface area contributed by atoms with Crippen LogP contribution in [0.3, 0.4) is 0 Å². The highest BCUT2D eigenvalue weighted by Crippen LogP contribution is 2.35. The molecule has 0 aliphatic carbocycles. The molecular formula is C16H19ClOS. The maximum Gasteiger partial charge on any atom is 0.120 e. The van der Waals surface area contributed by atoms with Crippen molar-refractivity contribution >= 4 is 22.9 Å². The lowest BCUT2D eigenvalue weighted by molar-refractivity contribution is 0.242. The predicted octanol–water partition coefficient (Wildman–Crippen LogP) is 5.43. The lowest BCUT2D eigenvalue weighted by Crippen LogP contribution is -2.05. The second kappa shape index (κ2) is 6.44. The number of hydrogen-bond acceptors (Lipinski definition) is 2. The Labute approximate surface area is 124 Å². The molecule has 1 heterocycles. The molecule has 3 heteroatoms. The molecule has 0 spiro atoms. The third kappa shape index (κ3) is 3.74. The Balaban J connectivity index is 2.20. The first-order valence-corrected chi connectivity index (χ1v) is 7.84. The van der Waals surface area contributed by atoms with Crippen molar-refractivity contribution in [3.63, 3.8) is 0 Å². The number of hydrogen-bond donors (Lipinski definition) is 0. The third-order valence-electron chi connectivity index (χ3n) is 2.80. The quantitative estimate of drug-likeness (QED) is 0.669. The Morgan fingerprint density at radius 1 is 1.21 bits per heavy atom. The molecule has 2 rings (SSSR count). The van der Waals surface area contributed by atoms with Crippen molar-refractivity contribution in [2.75, 3.05) is 0 Å². The highest BCUT2D eigenvalue weighted by Gasteiger charge is 2.14. The van der Waals surface area contributed by atoms with Crippen molar-refractivity contribution in [1.29, 1.82) is 0 Å². The van der Waals surface area contributed by atoms with Crippen molar-refractivity contribution < 1.29 is 4.74 Å². The minimum atomic E-state index is -0.0963. The molecule has 1 aromatic carbocycles. The summed E-state index contributed by atoms with van der Waals surface area (Å²) in [5.41, 5.74) is 1.09. The summed E-state index contributed by atoms with van der Waals surface area (Å²) < 4.78 is 5.71. The SMILES string of the molecule is CCc1ccc(C(Cl)c2cccc(OC(C)C)c2)s1. The Hall–Kier alpha value is -0.990. The fraction of sp³-hybridized carbons (Fsp3) is 0.375. The highest BCUT2D eigenvalue weighted by atomic mass is 35.5. The summed E-state index contributed by atoms with van der Waals surface area (Å²) in [5.74, 6) is 0.880. The normalized spacial score (nSPS) is 12.7. The van der Waals surface area contributed by atoms with Crippen molar-refractivity contribution in [3.05, 3.63) is 51.7 Å². The van der Waals surface area contributed by atoms with Crippen molar-refractivity contribution in [1.82, 2.24) is 0 Å². The van der Waals surface area contributed by atoms with Crippen LogP contribution in [0.2, 0.25) is 0 Å². The number of thiophene rings is 1. The average Bonchev–Trinajstić information content (AvgIpc) is 2.86. The summed E-state index contributed by atoms with van der Waals surface area (Å²) >= 11 is 8.35. The van der Waals surface area contributed by atoms with Gasteiger partial charge in [-0.3, -0.25) is 0 Å². The molecule has 1 aromatic heterocycles. The lowest BCUT2D eigenvalue weighted by atomic mass is 10.1. The largest absolute Gasteiger partial charge is 0.491 e. The Kier molecular flexibility index (Phi) is 4.89. The van der Waals surface area contributed by atoms with Crippen molar-refractivity contribution in [3.8, 4) is 5.75 Å². The van der Waals surface area contributed by atoms with Gasteiger partial charge in [-0.1, -0.05) is 19.1 Å². The monoisotopic (exact) mass is 294 g/mol. The number of rotatable bonds is 5. The van der Waals surface area contributed by atoms with E-state index in [2.05, 4.69) is 25.1 Å². The molecular weight excluding hydrogens is 276 g/mol. The van der Waals surface area contributed by atoms with Crippen LogP contribution in [0.4, 0.5) is 0 Å². The van der Waals surface area contributed by atoms with Crippen LogP contribution in [0.25, 0.3) is 0 Å². The summed E-state index contributed by atoms with van der Waals surface area (Å²) in [7, 11) is 0. The molecule has 19 heavy (non-hydrogen) atoms. The van der Waals surface area contributed by atoms with E-state index in [1.165, 1.54) is 9.75 Å². The van der Waals surface area contributed by atoms with E-state index in [0.29, 0.717) is 0 Å². The summed E-state index contributed by atoms with van der Waals surface area (Å²) in [4.78, 5) is 2.57. The van der Waals surface area contributed by atoms with Crippen LogP contribution in [0.15, 0.2) is 36.4 Å². The third-order valence-corrected chi connectivity index (χ3v) is 4.71. The summed E-state index contributed by atoms with van der Waals surface area (Å²) in [6.45, 7) is 6.21. The molecule has 0 N–H and O–H groups in total. The molecule has 0 saturated carbocycles. The lowest BCUT2D eigenvalue weighted by Gasteiger charge is -2.13. The first-order valence-electron chi connectivity index (χ1n) is 6.59. The molecule has 2 aromatic rings. The summed E-state index contributed by atoms with van der Waals surface area (Å²) in [6, 6.07) is 12.3. The Bertz CT molecular complexity index is 533. The fourth-order valence-corrected chi connectivity index (χ4v) is 3.20. The molecule has 0 aliphatic rings. The fourth-order valence-electron chi connectivity index (χ4n) is 1.90. The van der Waals surface area contributed by atoms with Gasteiger partial charge in [-0.2, -0.15) is 0 Å². The molecule has 0 radical (unpaired) electrons. The highest BCUT2D eigenvalue weighted by molar-refractivity contribution is 7.12. The maximum absolute atomic E-state index is 6.57. The average molecular weight is 295 g/mol. The zero-order valence-electron chi connectivity index (χ0n) is 11.5. The van der Waals surface area contributed by atoms with Gasteiger partial charge in [-0.05, 0) is 50.1 Å². The predicted molar refractivity (Wildman–Crippen MR) is 83.6 cm³/mol. The Morgan fingerprint density at radius 3 is 2.63 bits per heavy atom. The maximum atomic E-state index is 6.57. The van der Waals surface area contributed by atoms with Gasteiger partial charge in [0.05, 0.1) is 11.5 Å². The van der Waals surface area contributed by atoms with E-state index in [1.54, 1.807) is 11.3 Å². The molecule has 0 bridgehead atoms. The number of aryl methyl sites for hydroxylation is 1. The van der Waals surface area contributed by atoms with Gasteiger partial charge in [0.15, 0.2) is 0 Å². The van der Waals surface area contributed by atoms with Crippen LogP contribution in [0, 0.1) is 0 Å². The number of alkyl halides is 1. The second-order valence-corrected chi connectivity index (χ2v) is 6.40. The topological polar surface area (TPSA) is 9.23 Å². The van der Waals surface area contributed by atoms with Gasteiger partial charge in [0.2, 0.25) is 0 Å². The van der Waals surface area contributed by atoms with Crippen molar-refractivity contribution in [2.24, 2.45) is 0 Å². The van der Waals surface area contributed by atoms with E-state index in [0.717, 1.165) is 17.7 Å². The summed E-state index contributed by atoms with van der Waals surface area (Å²) in [6.07, 6.45) is 1.24. The van der Waals surface area contributed by atoms with Gasteiger partial charge in [-0.25, -0.2) is 0 Å². The van der Waals surface area contributed by atoms with E-state index in [9.17, 15) is 0 Å². The molecule has 0 amide bonds. The van der Waals surface area contributed by atoms with Gasteiger partial charge >= 0.3 is 0 Å². The van der Waals surface area contributed by atoms with E-state index >= 15 is 0 Å². The van der Waals surface area contributed by atoms with Crippen LogP contribution in [-0.4, -0.2) is 6.10 Å². The van der Waals surface area contributed by atoms with Crippen LogP contribution < -0.4 is 4.74 Å². The standard InChI is InChI=1S/C16H19ClOS/c1-4-14-8-9-15(19-14)16(17)12-6-5-7-13(10-12)18-11(2)3/h5-11,16H,4H2,1-3H3. The van der Waals surface area contributed by atoms with Gasteiger partial charge in [0, 0.05) is 9.75 Å². The minimum absolute atomic E-state index is 0.0963. The van der Waals surface area contributed by atoms with Gasteiger partial charge in [0.1, 0.15) is 5.75 Å². The second-order valence-electron chi connectivity index (χ2n) is 4.76. The molecule has 0 saturated heterocycles. The smallest absolute Gasteiger partial charge is 0.120 e. The van der Waals surface area contributed by atoms with E-state index in [1.807, 2.05) is 32.0 Å². The molecule has 0 fully saturated rings. The van der Waals surface area contributed by atoms with Crippen LogP contribution in [0.1, 0.15) is 41.5 Å². The van der Waals surface area contributed by atoms with E-state index < -0.39 is 0 Å². The summed E-state index contributed by atoms with van der Waals surface area (Å²) in [5, 5.41) is -0.0963. The van der Waals surface area contributed by atoms with Gasteiger partial charge in [-0.15, -0.1) is 22.9 Å². The first kappa shape index (κ1) is 14.4. The minimum Gasteiger partial charge on any atom is -0.491 e. The number of benzene rings is 1. The Morgan fingerprint density at radius 2 is 2.00 bits per heavy atom. The van der Waals surface area contributed by atoms with E-state index in [-0.39, 0.29) is 11.5 Å². The van der Waals surface area contributed by atoms with Crippen LogP contribution in [-0.2, 0) is 6.42 Å². The molecule has 1 atom stereocenters. The van der Waals surface area contributed by atoms with E-state index in [4.69, 9.17) is 16.3 Å². The molecule has 0 aliphatic heterocycles. The van der Waals surface area contributed by atoms with Crippen LogP contribution >= 0.6 is 22.9 Å².